The predicted molar refractivity (Wildman–Crippen MR) is 142 cm³/mol. The van der Waals surface area contributed by atoms with Crippen molar-refractivity contribution in [3.63, 3.8) is 0 Å². The van der Waals surface area contributed by atoms with Crippen LogP contribution in [0, 0.1) is 12.8 Å². The molecule has 3 aliphatic heterocycles. The molecule has 3 heterocycles. The number of nitrogens with zero attached hydrogens (tertiary/aromatic N) is 2. The molecule has 0 radical (unpaired) electrons. The molecule has 0 spiro atoms. The highest BCUT2D eigenvalue weighted by Crippen LogP contribution is 2.39. The van der Waals surface area contributed by atoms with E-state index in [1.54, 1.807) is 0 Å². The number of nitrogens with one attached hydrogen (secondary N) is 1. The number of likely N-dealkylation sites (tertiary alicyclic amines) is 1. The molecule has 3 aliphatic rings. The number of carbonyl (C=O) groups is 1. The second kappa shape index (κ2) is 9.56. The van der Waals surface area contributed by atoms with E-state index in [1.165, 1.54) is 11.1 Å². The van der Waals surface area contributed by atoms with Crippen LogP contribution in [-0.4, -0.2) is 58.0 Å². The third kappa shape index (κ3) is 4.84. The standard InChI is InChI=1S/C30H41N3O3/c1-18-8-7-9-24-26(18)20(3)27(31-28(24)34)22-12-10-21(11-13-22)15-32-16-23-14-19(2)25(17-32)33(23)29(35)36-30(4,5)6/h7-13,19-20,23,25,27,29,35H,14-17H2,1-6H3,(H,31,34). The lowest BCUT2D eigenvalue weighted by Crippen LogP contribution is -2.59. The van der Waals surface area contributed by atoms with Crippen molar-refractivity contribution in [2.45, 2.75) is 90.6 Å². The Bertz CT molecular complexity index is 1110. The SMILES string of the molecule is Cc1cccc2c1C(C)C(c1ccc(CN3CC4CC(C)C(C3)N4C(O)OC(C)(C)C)cc1)NC2=O. The van der Waals surface area contributed by atoms with E-state index in [4.69, 9.17) is 4.74 Å². The Morgan fingerprint density at radius 2 is 1.83 bits per heavy atom. The number of aliphatic hydroxyl groups is 1. The minimum Gasteiger partial charge on any atom is -0.356 e. The number of ether oxygens (including phenoxy) is 1. The molecule has 2 aromatic rings. The number of hydrogen-bond donors (Lipinski definition) is 2. The van der Waals surface area contributed by atoms with Crippen LogP contribution in [0.4, 0.5) is 0 Å². The molecule has 6 heteroatoms. The summed E-state index contributed by atoms with van der Waals surface area (Å²) in [5, 5.41) is 14.0. The Labute approximate surface area is 215 Å². The van der Waals surface area contributed by atoms with E-state index in [2.05, 4.69) is 66.2 Å². The van der Waals surface area contributed by atoms with Gasteiger partial charge in [-0.1, -0.05) is 50.2 Å². The first-order chi connectivity index (χ1) is 17.0. The van der Waals surface area contributed by atoms with Crippen molar-refractivity contribution in [1.29, 1.82) is 0 Å². The monoisotopic (exact) mass is 491 g/mol. The van der Waals surface area contributed by atoms with Gasteiger partial charge < -0.3 is 15.2 Å². The maximum Gasteiger partial charge on any atom is 0.252 e. The number of amides is 1. The lowest BCUT2D eigenvalue weighted by Gasteiger charge is -2.44. The molecule has 2 saturated heterocycles. The zero-order valence-electron chi connectivity index (χ0n) is 22.5. The van der Waals surface area contributed by atoms with Gasteiger partial charge in [0.25, 0.3) is 5.91 Å². The topological polar surface area (TPSA) is 65.0 Å². The molecule has 2 fully saturated rings. The summed E-state index contributed by atoms with van der Waals surface area (Å²) in [5.74, 6) is 0.765. The van der Waals surface area contributed by atoms with Gasteiger partial charge in [0, 0.05) is 43.2 Å². The number of piperazine rings is 1. The Balaban J connectivity index is 1.26. The summed E-state index contributed by atoms with van der Waals surface area (Å²) < 4.78 is 5.91. The molecule has 5 rings (SSSR count). The first kappa shape index (κ1) is 25.4. The first-order valence-electron chi connectivity index (χ1n) is 13.4. The van der Waals surface area contributed by atoms with Crippen LogP contribution in [0.25, 0.3) is 0 Å². The molecule has 36 heavy (non-hydrogen) atoms. The van der Waals surface area contributed by atoms with Crippen molar-refractivity contribution in [1.82, 2.24) is 15.1 Å². The number of rotatable bonds is 5. The molecule has 1 amide bonds. The van der Waals surface area contributed by atoms with Gasteiger partial charge in [-0.05, 0) is 68.4 Å². The minimum absolute atomic E-state index is 0.0148. The second-order valence-corrected chi connectivity index (χ2v) is 12.1. The van der Waals surface area contributed by atoms with Gasteiger partial charge in [-0.2, -0.15) is 0 Å². The molecule has 2 N–H and O–H groups in total. The van der Waals surface area contributed by atoms with Crippen molar-refractivity contribution in [2.24, 2.45) is 5.92 Å². The highest BCUT2D eigenvalue weighted by molar-refractivity contribution is 5.97. The van der Waals surface area contributed by atoms with Crippen molar-refractivity contribution in [3.8, 4) is 0 Å². The maximum atomic E-state index is 12.8. The number of aryl methyl sites for hydroxylation is 1. The van der Waals surface area contributed by atoms with Crippen LogP contribution in [0.5, 0.6) is 0 Å². The number of carbonyl (C=O) groups excluding carboxylic acids is 1. The van der Waals surface area contributed by atoms with Gasteiger partial charge in [-0.3, -0.25) is 9.69 Å². The summed E-state index contributed by atoms with van der Waals surface area (Å²) in [6, 6.07) is 15.3. The summed E-state index contributed by atoms with van der Waals surface area (Å²) in [6.07, 6.45) is 0.234. The van der Waals surface area contributed by atoms with Gasteiger partial charge in [0.1, 0.15) is 0 Å². The van der Waals surface area contributed by atoms with Gasteiger partial charge in [0.05, 0.1) is 11.6 Å². The van der Waals surface area contributed by atoms with Crippen LogP contribution in [0.1, 0.15) is 85.6 Å². The smallest absolute Gasteiger partial charge is 0.252 e. The van der Waals surface area contributed by atoms with Gasteiger partial charge in [-0.15, -0.1) is 0 Å². The van der Waals surface area contributed by atoms with E-state index < -0.39 is 6.41 Å². The molecule has 2 bridgehead atoms. The molecule has 0 aliphatic carbocycles. The lowest BCUT2D eigenvalue weighted by molar-refractivity contribution is -0.259. The summed E-state index contributed by atoms with van der Waals surface area (Å²) in [6.45, 7) is 15.3. The second-order valence-electron chi connectivity index (χ2n) is 12.1. The fourth-order valence-corrected chi connectivity index (χ4v) is 6.66. The molecule has 6 nitrogen and oxygen atoms in total. The summed E-state index contributed by atoms with van der Waals surface area (Å²) in [7, 11) is 0. The van der Waals surface area contributed by atoms with E-state index in [-0.39, 0.29) is 23.5 Å². The molecule has 0 aromatic heterocycles. The molecule has 6 atom stereocenters. The average molecular weight is 492 g/mol. The van der Waals surface area contributed by atoms with Crippen LogP contribution in [0.2, 0.25) is 0 Å². The quantitative estimate of drug-likeness (QED) is 0.600. The molecular formula is C30H41N3O3. The number of aliphatic hydroxyl groups excluding tert-OH is 1. The van der Waals surface area contributed by atoms with Crippen LogP contribution in [0.3, 0.4) is 0 Å². The molecule has 6 unspecified atom stereocenters. The van der Waals surface area contributed by atoms with E-state index in [0.717, 1.165) is 42.7 Å². The number of benzene rings is 2. The zero-order chi connectivity index (χ0) is 25.8. The zero-order valence-corrected chi connectivity index (χ0v) is 22.5. The minimum atomic E-state index is -0.854. The van der Waals surface area contributed by atoms with Crippen molar-refractivity contribution >= 4 is 5.91 Å². The maximum absolute atomic E-state index is 12.8. The Morgan fingerprint density at radius 3 is 2.50 bits per heavy atom. The summed E-state index contributed by atoms with van der Waals surface area (Å²) in [4.78, 5) is 17.5. The van der Waals surface area contributed by atoms with Gasteiger partial charge in [0.15, 0.2) is 0 Å². The molecule has 194 valence electrons. The summed E-state index contributed by atoms with van der Waals surface area (Å²) >= 11 is 0. The Morgan fingerprint density at radius 1 is 1.11 bits per heavy atom. The van der Waals surface area contributed by atoms with Crippen LogP contribution < -0.4 is 5.32 Å². The highest BCUT2D eigenvalue weighted by Gasteiger charge is 2.47. The van der Waals surface area contributed by atoms with E-state index >= 15 is 0 Å². The first-order valence-corrected chi connectivity index (χ1v) is 13.4. The third-order valence-electron chi connectivity index (χ3n) is 8.29. The van der Waals surface area contributed by atoms with Crippen molar-refractivity contribution < 1.29 is 14.6 Å². The van der Waals surface area contributed by atoms with Crippen LogP contribution in [-0.2, 0) is 11.3 Å². The van der Waals surface area contributed by atoms with Gasteiger partial charge >= 0.3 is 0 Å². The third-order valence-corrected chi connectivity index (χ3v) is 8.29. The van der Waals surface area contributed by atoms with E-state index in [0.29, 0.717) is 18.0 Å². The number of hydrogen-bond acceptors (Lipinski definition) is 5. The molecule has 2 aromatic carbocycles. The lowest BCUT2D eigenvalue weighted by atomic mass is 9.80. The Kier molecular flexibility index (Phi) is 6.75. The van der Waals surface area contributed by atoms with Crippen molar-refractivity contribution in [3.05, 3.63) is 70.3 Å². The van der Waals surface area contributed by atoms with E-state index in [1.807, 2.05) is 32.9 Å². The fourth-order valence-electron chi connectivity index (χ4n) is 6.66. The van der Waals surface area contributed by atoms with Crippen LogP contribution in [0.15, 0.2) is 42.5 Å². The largest absolute Gasteiger partial charge is 0.356 e. The van der Waals surface area contributed by atoms with E-state index in [9.17, 15) is 9.90 Å². The fraction of sp³-hybridized carbons (Fsp3) is 0.567. The van der Waals surface area contributed by atoms with Crippen molar-refractivity contribution in [2.75, 3.05) is 13.1 Å². The highest BCUT2D eigenvalue weighted by atomic mass is 16.6. The number of fused-ring (bicyclic) bond motifs is 3. The average Bonchev–Trinajstić information content (AvgIpc) is 3.01. The van der Waals surface area contributed by atoms with Crippen LogP contribution >= 0.6 is 0 Å². The predicted octanol–water partition coefficient (Wildman–Crippen LogP) is 4.57. The van der Waals surface area contributed by atoms with Gasteiger partial charge in [-0.25, -0.2) is 4.90 Å². The summed E-state index contributed by atoms with van der Waals surface area (Å²) in [5.41, 5.74) is 5.19. The molecular weight excluding hydrogens is 450 g/mol. The van der Waals surface area contributed by atoms with Gasteiger partial charge in [0.2, 0.25) is 6.41 Å². The molecule has 0 saturated carbocycles. The Hall–Kier alpha value is -2.25. The normalized spacial score (nSPS) is 29.6.